The zero-order valence-corrected chi connectivity index (χ0v) is 18.4. The topological polar surface area (TPSA) is 47.6 Å². The van der Waals surface area contributed by atoms with Gasteiger partial charge in [-0.3, -0.25) is 0 Å². The molecule has 0 atom stereocenters. The molecular formula is C32H20N2. The van der Waals surface area contributed by atoms with Crippen LogP contribution in [0.5, 0.6) is 0 Å². The maximum absolute atomic E-state index is 9.78. The minimum absolute atomic E-state index is 0.582. The van der Waals surface area contributed by atoms with Crippen LogP contribution in [0.1, 0.15) is 22.3 Å². The van der Waals surface area contributed by atoms with Crippen molar-refractivity contribution < 1.29 is 0 Å². The molecule has 0 aliphatic rings. The van der Waals surface area contributed by atoms with E-state index in [0.29, 0.717) is 11.1 Å². The molecule has 5 aromatic rings. The quantitative estimate of drug-likeness (QED) is 0.213. The Morgan fingerprint density at radius 1 is 0.471 bits per heavy atom. The fourth-order valence-corrected chi connectivity index (χ4v) is 4.12. The van der Waals surface area contributed by atoms with Crippen LogP contribution in [0.4, 0.5) is 0 Å². The van der Waals surface area contributed by atoms with Crippen LogP contribution in [-0.4, -0.2) is 0 Å². The van der Waals surface area contributed by atoms with E-state index in [2.05, 4.69) is 60.7 Å². The zero-order valence-electron chi connectivity index (χ0n) is 18.4. The second-order valence-corrected chi connectivity index (χ2v) is 8.13. The molecule has 34 heavy (non-hydrogen) atoms. The van der Waals surface area contributed by atoms with E-state index < -0.39 is 0 Å². The number of rotatable bonds is 4. The highest BCUT2D eigenvalue weighted by molar-refractivity contribution is 5.95. The lowest BCUT2D eigenvalue weighted by atomic mass is 9.98. The Balaban J connectivity index is 1.44. The van der Waals surface area contributed by atoms with Crippen LogP contribution in [0.3, 0.4) is 0 Å². The highest BCUT2D eigenvalue weighted by atomic mass is 14.3. The fourth-order valence-electron chi connectivity index (χ4n) is 4.12. The summed E-state index contributed by atoms with van der Waals surface area (Å²) in [6.07, 6.45) is 3.80. The summed E-state index contributed by atoms with van der Waals surface area (Å²) in [5.74, 6) is 0. The Morgan fingerprint density at radius 2 is 0.853 bits per heavy atom. The van der Waals surface area contributed by atoms with E-state index in [0.717, 1.165) is 33.0 Å². The van der Waals surface area contributed by atoms with Crippen LogP contribution in [0, 0.1) is 22.7 Å². The number of fused-ring (bicyclic) bond motifs is 2. The molecular weight excluding hydrogens is 412 g/mol. The maximum atomic E-state index is 9.78. The molecule has 0 aliphatic heterocycles. The Hall–Kier alpha value is -4.92. The van der Waals surface area contributed by atoms with Crippen LogP contribution in [0.15, 0.2) is 109 Å². The number of nitriles is 2. The standard InChI is InChI=1S/C32H20N2/c33-21-31(19-23-9-11-25-5-1-3-7-29(25)17-23)27-13-15-28(16-14-27)32(22-34)20-24-10-12-26-6-2-4-8-30(26)18-24/h1-20H/b31-19-,32-20-. The third-order valence-electron chi connectivity index (χ3n) is 5.92. The molecule has 0 radical (unpaired) electrons. The predicted octanol–water partition coefficient (Wildman–Crippen LogP) is 8.12. The number of benzene rings is 5. The summed E-state index contributed by atoms with van der Waals surface area (Å²) in [6.45, 7) is 0. The van der Waals surface area contributed by atoms with Crippen molar-refractivity contribution in [3.05, 3.63) is 131 Å². The van der Waals surface area contributed by atoms with Crippen LogP contribution in [0.2, 0.25) is 0 Å². The molecule has 0 aliphatic carbocycles. The van der Waals surface area contributed by atoms with Crippen LogP contribution in [-0.2, 0) is 0 Å². The maximum Gasteiger partial charge on any atom is 0.0998 e. The molecule has 0 saturated heterocycles. The summed E-state index contributed by atoms with van der Waals surface area (Å²) < 4.78 is 0. The van der Waals surface area contributed by atoms with Gasteiger partial charge < -0.3 is 0 Å². The van der Waals surface area contributed by atoms with E-state index in [1.54, 1.807) is 0 Å². The van der Waals surface area contributed by atoms with Crippen molar-refractivity contribution in [2.24, 2.45) is 0 Å². The summed E-state index contributed by atoms with van der Waals surface area (Å²) in [5, 5.41) is 24.2. The van der Waals surface area contributed by atoms with Gasteiger partial charge in [0.05, 0.1) is 23.3 Å². The van der Waals surface area contributed by atoms with Crippen molar-refractivity contribution in [3.8, 4) is 12.1 Å². The Kier molecular flexibility index (Phi) is 5.73. The summed E-state index contributed by atoms with van der Waals surface area (Å²) in [7, 11) is 0. The summed E-state index contributed by atoms with van der Waals surface area (Å²) in [6, 6.07) is 40.9. The average molecular weight is 433 g/mol. The van der Waals surface area contributed by atoms with Crippen molar-refractivity contribution in [2.45, 2.75) is 0 Å². The van der Waals surface area contributed by atoms with Gasteiger partial charge in [0.15, 0.2) is 0 Å². The van der Waals surface area contributed by atoms with Crippen LogP contribution in [0.25, 0.3) is 44.8 Å². The van der Waals surface area contributed by atoms with Gasteiger partial charge in [0.25, 0.3) is 0 Å². The third kappa shape index (κ3) is 4.35. The van der Waals surface area contributed by atoms with Crippen molar-refractivity contribution >= 4 is 44.8 Å². The van der Waals surface area contributed by atoms with Gasteiger partial charge in [0.1, 0.15) is 0 Å². The van der Waals surface area contributed by atoms with Gasteiger partial charge in [-0.1, -0.05) is 97.1 Å². The second-order valence-electron chi connectivity index (χ2n) is 8.13. The second kappa shape index (κ2) is 9.29. The van der Waals surface area contributed by atoms with Gasteiger partial charge in [-0.05, 0) is 68.1 Å². The first kappa shape index (κ1) is 21.0. The van der Waals surface area contributed by atoms with E-state index in [9.17, 15) is 10.5 Å². The molecule has 0 amide bonds. The average Bonchev–Trinajstić information content (AvgIpc) is 2.90. The first-order valence-corrected chi connectivity index (χ1v) is 11.1. The molecule has 2 nitrogen and oxygen atoms in total. The summed E-state index contributed by atoms with van der Waals surface area (Å²) in [5.41, 5.74) is 4.77. The van der Waals surface area contributed by atoms with Gasteiger partial charge >= 0.3 is 0 Å². The molecule has 0 fully saturated rings. The van der Waals surface area contributed by atoms with Gasteiger partial charge in [-0.25, -0.2) is 0 Å². The first-order valence-electron chi connectivity index (χ1n) is 11.1. The smallest absolute Gasteiger partial charge is 0.0998 e. The molecule has 158 valence electrons. The van der Waals surface area contributed by atoms with Crippen molar-refractivity contribution in [1.82, 2.24) is 0 Å². The lowest BCUT2D eigenvalue weighted by Gasteiger charge is -2.05. The largest absolute Gasteiger partial charge is 0.192 e. The fraction of sp³-hybridized carbons (Fsp3) is 0. The van der Waals surface area contributed by atoms with Gasteiger partial charge in [-0.15, -0.1) is 0 Å². The SMILES string of the molecule is N#C/C(=C/c1ccc2ccccc2c1)c1ccc(/C(C#N)=C\c2ccc3ccccc3c2)cc1. The molecule has 0 saturated carbocycles. The molecule has 0 bridgehead atoms. The minimum atomic E-state index is 0.582. The number of hydrogen-bond acceptors (Lipinski definition) is 2. The highest BCUT2D eigenvalue weighted by Crippen LogP contribution is 2.25. The summed E-state index contributed by atoms with van der Waals surface area (Å²) >= 11 is 0. The lowest BCUT2D eigenvalue weighted by molar-refractivity contribution is 1.50. The molecule has 0 aromatic heterocycles. The third-order valence-corrected chi connectivity index (χ3v) is 5.92. The van der Waals surface area contributed by atoms with Gasteiger partial charge in [-0.2, -0.15) is 10.5 Å². The highest BCUT2D eigenvalue weighted by Gasteiger charge is 2.06. The van der Waals surface area contributed by atoms with Crippen molar-refractivity contribution in [2.75, 3.05) is 0 Å². The van der Waals surface area contributed by atoms with Crippen molar-refractivity contribution in [1.29, 1.82) is 10.5 Å². The minimum Gasteiger partial charge on any atom is -0.192 e. The molecule has 0 N–H and O–H groups in total. The first-order chi connectivity index (χ1) is 16.7. The Bertz CT molecular complexity index is 1530. The van der Waals surface area contributed by atoms with Gasteiger partial charge in [0, 0.05) is 0 Å². The zero-order chi connectivity index (χ0) is 23.3. The molecule has 0 unspecified atom stereocenters. The van der Waals surface area contributed by atoms with E-state index in [4.69, 9.17) is 0 Å². The van der Waals surface area contributed by atoms with E-state index in [1.165, 1.54) is 10.8 Å². The van der Waals surface area contributed by atoms with E-state index in [-0.39, 0.29) is 0 Å². The van der Waals surface area contributed by atoms with Crippen LogP contribution >= 0.6 is 0 Å². The lowest BCUT2D eigenvalue weighted by Crippen LogP contribution is -1.86. The number of nitrogens with zero attached hydrogens (tertiary/aromatic N) is 2. The van der Waals surface area contributed by atoms with E-state index >= 15 is 0 Å². The van der Waals surface area contributed by atoms with Crippen molar-refractivity contribution in [3.63, 3.8) is 0 Å². The monoisotopic (exact) mass is 432 g/mol. The number of hydrogen-bond donors (Lipinski definition) is 0. The molecule has 2 heteroatoms. The molecule has 5 aromatic carbocycles. The van der Waals surface area contributed by atoms with Gasteiger partial charge in [0.2, 0.25) is 0 Å². The molecule has 0 heterocycles. The van der Waals surface area contributed by atoms with Crippen LogP contribution < -0.4 is 0 Å². The van der Waals surface area contributed by atoms with E-state index in [1.807, 2.05) is 72.8 Å². The number of allylic oxidation sites excluding steroid dienone is 2. The molecule has 5 rings (SSSR count). The Morgan fingerprint density at radius 3 is 1.24 bits per heavy atom. The predicted molar refractivity (Wildman–Crippen MR) is 141 cm³/mol. The Labute approximate surface area is 199 Å². The normalized spacial score (nSPS) is 11.8. The summed E-state index contributed by atoms with van der Waals surface area (Å²) in [4.78, 5) is 0. The molecule has 0 spiro atoms.